The van der Waals surface area contributed by atoms with E-state index < -0.39 is 34.7 Å². The van der Waals surface area contributed by atoms with E-state index in [-0.39, 0.29) is 17.9 Å². The Labute approximate surface area is 220 Å². The van der Waals surface area contributed by atoms with Crippen LogP contribution in [0.25, 0.3) is 0 Å². The molecule has 38 heavy (non-hydrogen) atoms. The molecule has 1 aliphatic rings. The highest BCUT2D eigenvalue weighted by atomic mass is 16.6. The molecule has 1 aliphatic heterocycles. The van der Waals surface area contributed by atoms with Gasteiger partial charge in [0.05, 0.1) is 23.1 Å². The monoisotopic (exact) mass is 518 g/mol. The number of alkyl carbamates (subject to hydrolysis) is 1. The Bertz CT molecular complexity index is 1310. The molecule has 0 aliphatic carbocycles. The number of hydrogen-bond donors (Lipinski definition) is 1. The van der Waals surface area contributed by atoms with E-state index in [0.29, 0.717) is 18.8 Å². The number of nitro groups is 1. The van der Waals surface area contributed by atoms with Crippen molar-refractivity contribution in [3.63, 3.8) is 0 Å². The average Bonchev–Trinajstić information content (AvgIpc) is 3.32. The summed E-state index contributed by atoms with van der Waals surface area (Å²) in [6, 6.07) is 17.7. The zero-order valence-corrected chi connectivity index (χ0v) is 21.5. The predicted molar refractivity (Wildman–Crippen MR) is 141 cm³/mol. The minimum Gasteiger partial charge on any atom is -0.444 e. The molecule has 1 aromatic heterocycles. The van der Waals surface area contributed by atoms with Gasteiger partial charge in [0.15, 0.2) is 6.10 Å². The second kappa shape index (κ2) is 11.4. The molecule has 1 N–H and O–H groups in total. The summed E-state index contributed by atoms with van der Waals surface area (Å²) in [7, 11) is 0. The van der Waals surface area contributed by atoms with E-state index in [1.165, 1.54) is 23.1 Å². The highest BCUT2D eigenvalue weighted by Crippen LogP contribution is 2.33. The number of aromatic nitrogens is 1. The molecule has 10 nitrogen and oxygen atoms in total. The SMILES string of the molecule is CC(C)(C)OC(=O)N[C@@H](c1ccccc1[N+](=O)[O-])[C@@H](OCc1ccccc1)C(=O)N1CCc2cccnc21. The maximum absolute atomic E-state index is 14.1. The van der Waals surface area contributed by atoms with E-state index in [9.17, 15) is 19.7 Å². The van der Waals surface area contributed by atoms with E-state index in [1.54, 1.807) is 39.1 Å². The Balaban J connectivity index is 1.77. The van der Waals surface area contributed by atoms with Gasteiger partial charge < -0.3 is 14.8 Å². The number of ether oxygens (including phenoxy) is 2. The molecule has 2 amide bonds. The smallest absolute Gasteiger partial charge is 0.408 e. The number of rotatable bonds is 8. The van der Waals surface area contributed by atoms with Gasteiger partial charge in [0.2, 0.25) is 0 Å². The maximum Gasteiger partial charge on any atom is 0.408 e. The van der Waals surface area contributed by atoms with Crippen molar-refractivity contribution in [1.82, 2.24) is 10.3 Å². The van der Waals surface area contributed by atoms with E-state index in [2.05, 4.69) is 10.3 Å². The molecule has 4 rings (SSSR count). The number of fused-ring (bicyclic) bond motifs is 1. The summed E-state index contributed by atoms with van der Waals surface area (Å²) < 4.78 is 11.6. The molecule has 0 saturated carbocycles. The molecule has 2 aromatic carbocycles. The Hall–Kier alpha value is -4.31. The largest absolute Gasteiger partial charge is 0.444 e. The van der Waals surface area contributed by atoms with Gasteiger partial charge in [-0.25, -0.2) is 9.78 Å². The fourth-order valence-corrected chi connectivity index (χ4v) is 4.31. The van der Waals surface area contributed by atoms with Crippen LogP contribution >= 0.6 is 0 Å². The van der Waals surface area contributed by atoms with Crippen LogP contribution in [-0.2, 0) is 27.3 Å². The third kappa shape index (κ3) is 6.33. The highest BCUT2D eigenvalue weighted by Gasteiger charge is 2.41. The summed E-state index contributed by atoms with van der Waals surface area (Å²) in [6.45, 7) is 5.51. The summed E-state index contributed by atoms with van der Waals surface area (Å²) >= 11 is 0. The van der Waals surface area contributed by atoms with E-state index >= 15 is 0 Å². The van der Waals surface area contributed by atoms with Gasteiger partial charge in [-0.3, -0.25) is 19.8 Å². The van der Waals surface area contributed by atoms with Crippen molar-refractivity contribution in [3.8, 4) is 0 Å². The first-order valence-electron chi connectivity index (χ1n) is 12.3. The molecule has 2 atom stereocenters. The van der Waals surface area contributed by atoms with Crippen molar-refractivity contribution >= 4 is 23.5 Å². The van der Waals surface area contributed by atoms with Gasteiger partial charge in [0.1, 0.15) is 11.4 Å². The van der Waals surface area contributed by atoms with Gasteiger partial charge in [0.25, 0.3) is 11.6 Å². The quantitative estimate of drug-likeness (QED) is 0.338. The number of pyridine rings is 1. The van der Waals surface area contributed by atoms with Gasteiger partial charge >= 0.3 is 6.09 Å². The summed E-state index contributed by atoms with van der Waals surface area (Å²) in [5.41, 5.74) is 0.734. The molecule has 10 heteroatoms. The van der Waals surface area contributed by atoms with Crippen molar-refractivity contribution in [3.05, 3.63) is 99.7 Å². The fraction of sp³-hybridized carbons (Fsp3) is 0.321. The molecule has 0 unspecified atom stereocenters. The van der Waals surface area contributed by atoms with Crippen LogP contribution in [0.3, 0.4) is 0 Å². The Kier molecular flexibility index (Phi) is 8.02. The topological polar surface area (TPSA) is 124 Å². The first kappa shape index (κ1) is 26.7. The number of nitrogens with one attached hydrogen (secondary N) is 1. The molecular formula is C28H30N4O6. The highest BCUT2D eigenvalue weighted by molar-refractivity contribution is 5.98. The lowest BCUT2D eigenvalue weighted by Gasteiger charge is -2.31. The molecule has 198 valence electrons. The third-order valence-corrected chi connectivity index (χ3v) is 5.95. The lowest BCUT2D eigenvalue weighted by Crippen LogP contribution is -2.49. The van der Waals surface area contributed by atoms with Crippen LogP contribution in [0.15, 0.2) is 72.9 Å². The number of nitro benzene ring substituents is 1. The molecular weight excluding hydrogens is 488 g/mol. The minimum atomic E-state index is -1.32. The van der Waals surface area contributed by atoms with Gasteiger partial charge in [0, 0.05) is 18.8 Å². The fourth-order valence-electron chi connectivity index (χ4n) is 4.31. The molecule has 0 radical (unpaired) electrons. The van der Waals surface area contributed by atoms with Crippen LogP contribution < -0.4 is 10.2 Å². The summed E-state index contributed by atoms with van der Waals surface area (Å²) in [5, 5.41) is 14.6. The second-order valence-electron chi connectivity index (χ2n) is 9.88. The van der Waals surface area contributed by atoms with Crippen molar-refractivity contribution < 1.29 is 24.0 Å². The normalized spacial score (nSPS) is 14.3. The van der Waals surface area contributed by atoms with Crippen molar-refractivity contribution in [2.24, 2.45) is 0 Å². The third-order valence-electron chi connectivity index (χ3n) is 5.95. The van der Waals surface area contributed by atoms with E-state index in [4.69, 9.17) is 9.47 Å². The van der Waals surface area contributed by atoms with Crippen LogP contribution in [0.2, 0.25) is 0 Å². The van der Waals surface area contributed by atoms with Gasteiger partial charge in [-0.2, -0.15) is 0 Å². The molecule has 0 bridgehead atoms. The number of carbonyl (C=O) groups is 2. The molecule has 3 aromatic rings. The van der Waals surface area contributed by atoms with Gasteiger partial charge in [-0.1, -0.05) is 48.5 Å². The van der Waals surface area contributed by atoms with E-state index in [0.717, 1.165) is 11.1 Å². The van der Waals surface area contributed by atoms with Crippen LogP contribution in [0, 0.1) is 10.1 Å². The summed E-state index contributed by atoms with van der Waals surface area (Å²) in [5.74, 6) is 0.0296. The number of para-hydroxylation sites is 1. The Morgan fingerprint density at radius 1 is 1.08 bits per heavy atom. The lowest BCUT2D eigenvalue weighted by atomic mass is 9.98. The zero-order chi connectivity index (χ0) is 27.3. The molecule has 0 spiro atoms. The van der Waals surface area contributed by atoms with Gasteiger partial charge in [-0.05, 0) is 50.5 Å². The van der Waals surface area contributed by atoms with Crippen LogP contribution in [0.5, 0.6) is 0 Å². The molecule has 0 fully saturated rings. The minimum absolute atomic E-state index is 0.0350. The number of carbonyl (C=O) groups excluding carboxylic acids is 2. The first-order chi connectivity index (χ1) is 18.1. The second-order valence-corrected chi connectivity index (χ2v) is 9.88. The summed E-state index contributed by atoms with van der Waals surface area (Å²) in [4.78, 5) is 44.3. The van der Waals surface area contributed by atoms with Crippen molar-refractivity contribution in [1.29, 1.82) is 0 Å². The molecule has 2 heterocycles. The number of hydrogen-bond acceptors (Lipinski definition) is 7. The van der Waals surface area contributed by atoms with Crippen molar-refractivity contribution in [2.45, 2.75) is 51.5 Å². The number of benzene rings is 2. The average molecular weight is 519 g/mol. The van der Waals surface area contributed by atoms with Gasteiger partial charge in [-0.15, -0.1) is 0 Å². The Morgan fingerprint density at radius 2 is 1.79 bits per heavy atom. The Morgan fingerprint density at radius 3 is 2.50 bits per heavy atom. The first-order valence-corrected chi connectivity index (χ1v) is 12.3. The zero-order valence-electron chi connectivity index (χ0n) is 21.5. The number of nitrogens with zero attached hydrogens (tertiary/aromatic N) is 3. The lowest BCUT2D eigenvalue weighted by molar-refractivity contribution is -0.385. The molecule has 0 saturated heterocycles. The summed E-state index contributed by atoms with van der Waals surface area (Å²) in [6.07, 6.45) is 0.0529. The maximum atomic E-state index is 14.1. The van der Waals surface area contributed by atoms with Crippen LogP contribution in [0.1, 0.15) is 43.5 Å². The number of anilines is 1. The standard InChI is InChI=1S/C28H30N4O6/c1-28(2,3)38-27(34)30-23(21-13-7-8-14-22(21)32(35)36)24(37-18-19-10-5-4-6-11-19)26(33)31-17-15-20-12-9-16-29-25(20)31/h4-14,16,23-24H,15,17-18H2,1-3H3,(H,30,34)/t23-,24+/m0/s1. The van der Waals surface area contributed by atoms with Crippen molar-refractivity contribution in [2.75, 3.05) is 11.4 Å². The van der Waals surface area contributed by atoms with Crippen LogP contribution in [-0.4, -0.2) is 40.2 Å². The predicted octanol–water partition coefficient (Wildman–Crippen LogP) is 4.73. The van der Waals surface area contributed by atoms with Crippen LogP contribution in [0.4, 0.5) is 16.3 Å². The number of amides is 2. The van der Waals surface area contributed by atoms with E-state index in [1.807, 2.05) is 36.4 Å².